The van der Waals surface area contributed by atoms with Crippen molar-refractivity contribution in [3.05, 3.63) is 11.6 Å². The molecule has 136 valence electrons. The molecule has 0 aromatic heterocycles. The number of carboxylic acids is 1. The van der Waals surface area contributed by atoms with Crippen LogP contribution in [-0.2, 0) is 19.4 Å². The minimum absolute atomic E-state index is 0.0547. The van der Waals surface area contributed by atoms with Crippen LogP contribution in [0, 0.1) is 11.3 Å². The summed E-state index contributed by atoms with van der Waals surface area (Å²) in [5, 5.41) is 9.73. The van der Waals surface area contributed by atoms with E-state index in [0.717, 1.165) is 5.57 Å². The molecule has 2 aliphatic heterocycles. The molecular formula is C17H27NO5S. The average molecular weight is 357 g/mol. The fraction of sp³-hybridized carbons (Fsp3) is 0.765. The zero-order valence-corrected chi connectivity index (χ0v) is 15.3. The van der Waals surface area contributed by atoms with Crippen LogP contribution < -0.4 is 0 Å². The van der Waals surface area contributed by atoms with Crippen molar-refractivity contribution in [1.82, 2.24) is 4.90 Å². The largest absolute Gasteiger partial charge is 0.481 e. The van der Waals surface area contributed by atoms with Gasteiger partial charge in [-0.3, -0.25) is 9.59 Å². The Kier molecular flexibility index (Phi) is 5.73. The zero-order chi connectivity index (χ0) is 18.0. The molecule has 0 bridgehead atoms. The summed E-state index contributed by atoms with van der Waals surface area (Å²) in [4.78, 5) is 26.3. The molecule has 0 saturated carbocycles. The number of allylic oxidation sites excluding steroid dienone is 2. The topological polar surface area (TPSA) is 91.8 Å². The fourth-order valence-corrected chi connectivity index (χ4v) is 5.03. The first kappa shape index (κ1) is 19.0. The number of amides is 1. The van der Waals surface area contributed by atoms with E-state index >= 15 is 0 Å². The van der Waals surface area contributed by atoms with Gasteiger partial charge in [-0.05, 0) is 46.0 Å². The Labute approximate surface area is 143 Å². The van der Waals surface area contributed by atoms with Crippen LogP contribution in [0.5, 0.6) is 0 Å². The van der Waals surface area contributed by atoms with Gasteiger partial charge < -0.3 is 10.0 Å². The third kappa shape index (κ3) is 4.37. The fourth-order valence-electron chi connectivity index (χ4n) is 3.54. The van der Waals surface area contributed by atoms with E-state index in [1.54, 1.807) is 4.90 Å². The number of nitrogens with zero attached hydrogens (tertiary/aromatic N) is 1. The van der Waals surface area contributed by atoms with Gasteiger partial charge in [-0.25, -0.2) is 8.42 Å². The van der Waals surface area contributed by atoms with Gasteiger partial charge in [0, 0.05) is 19.0 Å². The summed E-state index contributed by atoms with van der Waals surface area (Å²) in [7, 11) is -3.01. The lowest BCUT2D eigenvalue weighted by molar-refractivity contribution is -0.155. The number of carbonyl (C=O) groups is 2. The summed E-state index contributed by atoms with van der Waals surface area (Å²) in [6.45, 7) is 4.65. The first-order chi connectivity index (χ1) is 11.2. The molecule has 0 radical (unpaired) electrons. The first-order valence-corrected chi connectivity index (χ1v) is 10.3. The number of likely N-dealkylation sites (tertiary alicyclic amines) is 1. The highest BCUT2D eigenvalue weighted by Crippen LogP contribution is 2.36. The SMILES string of the molecule is CC(C)=CC[C@]1(C(=O)O)CCCN(C(=O)C2CCS(=O)(=O)CC2)C1. The van der Waals surface area contributed by atoms with Gasteiger partial charge in [0.2, 0.25) is 5.91 Å². The van der Waals surface area contributed by atoms with E-state index in [1.165, 1.54) is 0 Å². The molecule has 1 N–H and O–H groups in total. The van der Waals surface area contributed by atoms with Crippen molar-refractivity contribution >= 4 is 21.7 Å². The van der Waals surface area contributed by atoms with Gasteiger partial charge in [0.25, 0.3) is 0 Å². The molecule has 0 unspecified atom stereocenters. The summed E-state index contributed by atoms with van der Waals surface area (Å²) < 4.78 is 23.1. The Morgan fingerprint density at radius 1 is 1.25 bits per heavy atom. The van der Waals surface area contributed by atoms with E-state index in [1.807, 2.05) is 19.9 Å². The Bertz CT molecular complexity index is 621. The molecule has 2 heterocycles. The second kappa shape index (κ2) is 7.25. The maximum absolute atomic E-state index is 12.7. The quantitative estimate of drug-likeness (QED) is 0.776. The van der Waals surface area contributed by atoms with Crippen molar-refractivity contribution in [2.75, 3.05) is 24.6 Å². The van der Waals surface area contributed by atoms with E-state index in [9.17, 15) is 23.1 Å². The minimum atomic E-state index is -3.01. The van der Waals surface area contributed by atoms with Crippen molar-refractivity contribution in [1.29, 1.82) is 0 Å². The molecule has 6 nitrogen and oxygen atoms in total. The second-order valence-electron chi connectivity index (χ2n) is 7.36. The Balaban J connectivity index is 2.09. The zero-order valence-electron chi connectivity index (χ0n) is 14.5. The van der Waals surface area contributed by atoms with Crippen molar-refractivity contribution in [2.24, 2.45) is 11.3 Å². The van der Waals surface area contributed by atoms with Crippen molar-refractivity contribution in [3.63, 3.8) is 0 Å². The van der Waals surface area contributed by atoms with Crippen LogP contribution in [0.3, 0.4) is 0 Å². The van der Waals surface area contributed by atoms with Gasteiger partial charge in [-0.2, -0.15) is 0 Å². The van der Waals surface area contributed by atoms with E-state index in [2.05, 4.69) is 0 Å². The Morgan fingerprint density at radius 2 is 1.88 bits per heavy atom. The van der Waals surface area contributed by atoms with Gasteiger partial charge in [0.15, 0.2) is 0 Å². The standard InChI is InChI=1S/C17H27NO5S/c1-13(2)4-8-17(16(20)21)7-3-9-18(12-17)15(19)14-5-10-24(22,23)11-6-14/h4,14H,3,5-12H2,1-2H3,(H,20,21)/t17-/m1/s1. The molecule has 24 heavy (non-hydrogen) atoms. The lowest BCUT2D eigenvalue weighted by Crippen LogP contribution is -2.51. The van der Waals surface area contributed by atoms with Crippen LogP contribution >= 0.6 is 0 Å². The number of aliphatic carboxylic acids is 1. The van der Waals surface area contributed by atoms with E-state index in [0.29, 0.717) is 38.6 Å². The number of carboxylic acid groups (broad SMARTS) is 1. The first-order valence-electron chi connectivity index (χ1n) is 8.51. The minimum Gasteiger partial charge on any atom is -0.481 e. The summed E-state index contributed by atoms with van der Waals surface area (Å²) in [5.41, 5.74) is 0.142. The number of sulfone groups is 1. The number of hydrogen-bond donors (Lipinski definition) is 1. The molecule has 0 aromatic rings. The van der Waals surface area contributed by atoms with Crippen LogP contribution in [0.1, 0.15) is 46.0 Å². The summed E-state index contributed by atoms with van der Waals surface area (Å²) in [5.74, 6) is -1.12. The molecule has 2 fully saturated rings. The van der Waals surface area contributed by atoms with E-state index in [-0.39, 0.29) is 29.9 Å². The van der Waals surface area contributed by atoms with Crippen molar-refractivity contribution in [2.45, 2.75) is 46.0 Å². The average Bonchev–Trinajstić information content (AvgIpc) is 2.52. The molecule has 2 saturated heterocycles. The van der Waals surface area contributed by atoms with Crippen LogP contribution in [-0.4, -0.2) is 54.9 Å². The van der Waals surface area contributed by atoms with Gasteiger partial charge >= 0.3 is 5.97 Å². The third-order valence-electron chi connectivity index (χ3n) is 5.15. The molecule has 1 amide bonds. The monoisotopic (exact) mass is 357 g/mol. The Hall–Kier alpha value is -1.37. The highest BCUT2D eigenvalue weighted by atomic mass is 32.2. The third-order valence-corrected chi connectivity index (χ3v) is 6.86. The van der Waals surface area contributed by atoms with Crippen molar-refractivity contribution in [3.8, 4) is 0 Å². The molecule has 2 rings (SSSR count). The van der Waals surface area contributed by atoms with Crippen LogP contribution in [0.4, 0.5) is 0 Å². The number of piperidine rings is 1. The number of carbonyl (C=O) groups excluding carboxylic acids is 1. The predicted octanol–water partition coefficient (Wildman–Crippen LogP) is 1.86. The maximum Gasteiger partial charge on any atom is 0.311 e. The molecule has 7 heteroatoms. The smallest absolute Gasteiger partial charge is 0.311 e. The van der Waals surface area contributed by atoms with Crippen molar-refractivity contribution < 1.29 is 23.1 Å². The maximum atomic E-state index is 12.7. The van der Waals surface area contributed by atoms with Gasteiger partial charge in [-0.15, -0.1) is 0 Å². The van der Waals surface area contributed by atoms with E-state index < -0.39 is 21.2 Å². The molecule has 1 atom stereocenters. The van der Waals surface area contributed by atoms with Gasteiger partial charge in [0.1, 0.15) is 9.84 Å². The molecule has 0 aromatic carbocycles. The normalized spacial score (nSPS) is 27.5. The summed E-state index contributed by atoms with van der Waals surface area (Å²) in [6, 6.07) is 0. The number of rotatable bonds is 4. The highest BCUT2D eigenvalue weighted by Gasteiger charge is 2.44. The lowest BCUT2D eigenvalue weighted by Gasteiger charge is -2.41. The van der Waals surface area contributed by atoms with Crippen LogP contribution in [0.25, 0.3) is 0 Å². The van der Waals surface area contributed by atoms with Crippen LogP contribution in [0.2, 0.25) is 0 Å². The molecule has 2 aliphatic rings. The predicted molar refractivity (Wildman–Crippen MR) is 91.3 cm³/mol. The van der Waals surface area contributed by atoms with Crippen LogP contribution in [0.15, 0.2) is 11.6 Å². The summed E-state index contributed by atoms with van der Waals surface area (Å²) >= 11 is 0. The number of hydrogen-bond acceptors (Lipinski definition) is 4. The van der Waals surface area contributed by atoms with Gasteiger partial charge in [0.05, 0.1) is 16.9 Å². The summed E-state index contributed by atoms with van der Waals surface area (Å²) in [6.07, 6.45) is 4.29. The molecular weight excluding hydrogens is 330 g/mol. The lowest BCUT2D eigenvalue weighted by atomic mass is 9.76. The Morgan fingerprint density at radius 3 is 2.42 bits per heavy atom. The second-order valence-corrected chi connectivity index (χ2v) is 9.66. The van der Waals surface area contributed by atoms with Gasteiger partial charge in [-0.1, -0.05) is 11.6 Å². The molecule has 0 aliphatic carbocycles. The molecule has 0 spiro atoms. The van der Waals surface area contributed by atoms with E-state index in [4.69, 9.17) is 0 Å². The highest BCUT2D eigenvalue weighted by molar-refractivity contribution is 7.91.